The summed E-state index contributed by atoms with van der Waals surface area (Å²) in [5.74, 6) is -5.27. The zero-order valence-corrected chi connectivity index (χ0v) is 14.0. The molecule has 3 aromatic rings. The molecule has 0 unspecified atom stereocenters. The summed E-state index contributed by atoms with van der Waals surface area (Å²) in [6.07, 6.45) is 0. The van der Waals surface area contributed by atoms with Gasteiger partial charge in [0.2, 0.25) is 0 Å². The molecule has 0 fully saturated rings. The van der Waals surface area contributed by atoms with Gasteiger partial charge < -0.3 is 5.32 Å². The number of aromatic nitrogens is 4. The number of benzene rings is 2. The summed E-state index contributed by atoms with van der Waals surface area (Å²) in [5, 5.41) is 13.5. The predicted molar refractivity (Wildman–Crippen MR) is 84.3 cm³/mol. The number of hydrogen-bond acceptors (Lipinski definition) is 4. The second kappa shape index (κ2) is 7.01. The van der Waals surface area contributed by atoms with Crippen LogP contribution in [0.25, 0.3) is 5.69 Å². The van der Waals surface area contributed by atoms with Crippen molar-refractivity contribution in [1.82, 2.24) is 25.5 Å². The molecule has 6 nitrogen and oxygen atoms in total. The number of carbonyl (C=O) groups is 1. The van der Waals surface area contributed by atoms with E-state index in [1.165, 1.54) is 4.68 Å². The third-order valence-electron chi connectivity index (χ3n) is 3.27. The highest BCUT2D eigenvalue weighted by atomic mass is 79.9. The molecule has 0 spiro atoms. The Balaban J connectivity index is 1.78. The Bertz CT molecular complexity index is 947. The average molecular weight is 412 g/mol. The normalized spacial score (nSPS) is 10.7. The maximum Gasteiger partial charge on any atom is 0.254 e. The van der Waals surface area contributed by atoms with Crippen LogP contribution >= 0.6 is 15.9 Å². The van der Waals surface area contributed by atoms with Crippen molar-refractivity contribution in [2.75, 3.05) is 0 Å². The minimum absolute atomic E-state index is 0.142. The standard InChI is InChI=1S/C15H9BrF3N5O/c16-8-2-1-3-9(6-8)24-12(21-22-23-24)7-20-15(25)10-4-5-11(17)14(19)13(10)18/h1-6H,7H2,(H,20,25). The fraction of sp³-hybridized carbons (Fsp3) is 0.0667. The Morgan fingerprint density at radius 2 is 1.96 bits per heavy atom. The molecule has 25 heavy (non-hydrogen) atoms. The molecule has 0 saturated carbocycles. The number of tetrazole rings is 1. The lowest BCUT2D eigenvalue weighted by Crippen LogP contribution is -2.26. The van der Waals surface area contributed by atoms with Crippen LogP contribution in [0, 0.1) is 17.5 Å². The van der Waals surface area contributed by atoms with Gasteiger partial charge in [-0.15, -0.1) is 5.10 Å². The van der Waals surface area contributed by atoms with Gasteiger partial charge in [0.05, 0.1) is 17.8 Å². The van der Waals surface area contributed by atoms with Gasteiger partial charge in [-0.2, -0.15) is 4.68 Å². The molecule has 0 aliphatic heterocycles. The van der Waals surface area contributed by atoms with Crippen molar-refractivity contribution in [2.45, 2.75) is 6.54 Å². The van der Waals surface area contributed by atoms with E-state index in [0.29, 0.717) is 11.8 Å². The fourth-order valence-corrected chi connectivity index (χ4v) is 2.47. The van der Waals surface area contributed by atoms with Crippen molar-refractivity contribution in [2.24, 2.45) is 0 Å². The highest BCUT2D eigenvalue weighted by Crippen LogP contribution is 2.16. The molecule has 0 radical (unpaired) electrons. The molecule has 3 rings (SSSR count). The molecule has 2 aromatic carbocycles. The predicted octanol–water partition coefficient (Wildman–Crippen LogP) is 2.77. The maximum absolute atomic E-state index is 13.6. The number of rotatable bonds is 4. The summed E-state index contributed by atoms with van der Waals surface area (Å²) >= 11 is 3.33. The van der Waals surface area contributed by atoms with Gasteiger partial charge in [0.1, 0.15) is 0 Å². The smallest absolute Gasteiger partial charge is 0.254 e. The van der Waals surface area contributed by atoms with Crippen LogP contribution in [-0.4, -0.2) is 26.1 Å². The molecule has 0 aliphatic carbocycles. The van der Waals surface area contributed by atoms with E-state index >= 15 is 0 Å². The Morgan fingerprint density at radius 3 is 2.72 bits per heavy atom. The fourth-order valence-electron chi connectivity index (χ4n) is 2.08. The Hall–Kier alpha value is -2.75. The van der Waals surface area contributed by atoms with E-state index in [0.717, 1.165) is 10.5 Å². The molecule has 0 bridgehead atoms. The van der Waals surface area contributed by atoms with Gasteiger partial charge in [0, 0.05) is 4.47 Å². The van der Waals surface area contributed by atoms with E-state index in [1.807, 2.05) is 6.07 Å². The van der Waals surface area contributed by atoms with Crippen molar-refractivity contribution >= 4 is 21.8 Å². The van der Waals surface area contributed by atoms with Crippen molar-refractivity contribution in [3.05, 3.63) is 69.7 Å². The minimum Gasteiger partial charge on any atom is -0.345 e. The van der Waals surface area contributed by atoms with Crippen molar-refractivity contribution in [1.29, 1.82) is 0 Å². The van der Waals surface area contributed by atoms with E-state index in [2.05, 4.69) is 36.8 Å². The summed E-state index contributed by atoms with van der Waals surface area (Å²) in [4.78, 5) is 12.0. The first-order chi connectivity index (χ1) is 12.0. The number of carbonyl (C=O) groups excluding carboxylic acids is 1. The quantitative estimate of drug-likeness (QED) is 0.670. The zero-order valence-electron chi connectivity index (χ0n) is 12.4. The van der Waals surface area contributed by atoms with Crippen molar-refractivity contribution in [3.8, 4) is 5.69 Å². The number of amides is 1. The third-order valence-corrected chi connectivity index (χ3v) is 3.77. The van der Waals surface area contributed by atoms with Crippen LogP contribution < -0.4 is 5.32 Å². The Morgan fingerprint density at radius 1 is 1.16 bits per heavy atom. The highest BCUT2D eigenvalue weighted by Gasteiger charge is 2.19. The SMILES string of the molecule is O=C(NCc1nnnn1-c1cccc(Br)c1)c1ccc(F)c(F)c1F. The number of nitrogens with one attached hydrogen (secondary N) is 1. The van der Waals surface area contributed by atoms with E-state index < -0.39 is 28.9 Å². The monoisotopic (exact) mass is 411 g/mol. The lowest BCUT2D eigenvalue weighted by molar-refractivity contribution is 0.0944. The van der Waals surface area contributed by atoms with E-state index in [9.17, 15) is 18.0 Å². The largest absolute Gasteiger partial charge is 0.345 e. The second-order valence-corrected chi connectivity index (χ2v) is 5.81. The van der Waals surface area contributed by atoms with Gasteiger partial charge in [0.25, 0.3) is 5.91 Å². The van der Waals surface area contributed by atoms with E-state index in [1.54, 1.807) is 18.2 Å². The van der Waals surface area contributed by atoms with Crippen LogP contribution in [0.5, 0.6) is 0 Å². The molecule has 0 atom stereocenters. The molecule has 1 N–H and O–H groups in total. The minimum atomic E-state index is -1.70. The third kappa shape index (κ3) is 3.53. The van der Waals surface area contributed by atoms with Gasteiger partial charge >= 0.3 is 0 Å². The number of halogens is 4. The number of hydrogen-bond donors (Lipinski definition) is 1. The molecule has 1 aromatic heterocycles. The Labute approximate surface area is 147 Å². The van der Waals surface area contributed by atoms with Crippen LogP contribution in [0.2, 0.25) is 0 Å². The van der Waals surface area contributed by atoms with Gasteiger partial charge in [-0.05, 0) is 40.8 Å². The highest BCUT2D eigenvalue weighted by molar-refractivity contribution is 9.10. The molecule has 10 heteroatoms. The van der Waals surface area contributed by atoms with E-state index in [4.69, 9.17) is 0 Å². The molecule has 0 saturated heterocycles. The Kier molecular flexibility index (Phi) is 4.79. The summed E-state index contributed by atoms with van der Waals surface area (Å²) < 4.78 is 42.0. The number of nitrogens with zero attached hydrogens (tertiary/aromatic N) is 4. The van der Waals surface area contributed by atoms with Gasteiger partial charge in [-0.3, -0.25) is 4.79 Å². The molecular weight excluding hydrogens is 403 g/mol. The lowest BCUT2D eigenvalue weighted by Gasteiger charge is -2.08. The van der Waals surface area contributed by atoms with Gasteiger partial charge in [0.15, 0.2) is 23.3 Å². The van der Waals surface area contributed by atoms with E-state index in [-0.39, 0.29) is 12.4 Å². The first kappa shape index (κ1) is 17.1. The average Bonchev–Trinajstić information content (AvgIpc) is 3.06. The first-order valence-corrected chi connectivity index (χ1v) is 7.71. The van der Waals surface area contributed by atoms with Gasteiger partial charge in [-0.1, -0.05) is 22.0 Å². The summed E-state index contributed by atoms with van der Waals surface area (Å²) in [6, 6.07) is 8.65. The second-order valence-electron chi connectivity index (χ2n) is 4.89. The summed E-state index contributed by atoms with van der Waals surface area (Å²) in [6.45, 7) is -0.142. The molecule has 1 heterocycles. The first-order valence-electron chi connectivity index (χ1n) is 6.92. The summed E-state index contributed by atoms with van der Waals surface area (Å²) in [5.41, 5.74) is 0.0306. The molecule has 0 aliphatic rings. The summed E-state index contributed by atoms with van der Waals surface area (Å²) in [7, 11) is 0. The van der Waals surface area contributed by atoms with Crippen LogP contribution in [-0.2, 0) is 6.54 Å². The zero-order chi connectivity index (χ0) is 18.0. The van der Waals surface area contributed by atoms with Crippen molar-refractivity contribution in [3.63, 3.8) is 0 Å². The topological polar surface area (TPSA) is 72.7 Å². The van der Waals surface area contributed by atoms with Crippen molar-refractivity contribution < 1.29 is 18.0 Å². The molecule has 1 amide bonds. The maximum atomic E-state index is 13.6. The van der Waals surface area contributed by atoms with Crippen LogP contribution in [0.1, 0.15) is 16.2 Å². The molecule has 128 valence electrons. The van der Waals surface area contributed by atoms with Crippen LogP contribution in [0.4, 0.5) is 13.2 Å². The van der Waals surface area contributed by atoms with Crippen LogP contribution in [0.15, 0.2) is 40.9 Å². The van der Waals surface area contributed by atoms with Crippen LogP contribution in [0.3, 0.4) is 0 Å². The molecular formula is C15H9BrF3N5O. The van der Waals surface area contributed by atoms with Gasteiger partial charge in [-0.25, -0.2) is 13.2 Å². The lowest BCUT2D eigenvalue weighted by atomic mass is 10.2.